The number of methoxy groups -OCH3 is 1. The van der Waals surface area contributed by atoms with Gasteiger partial charge < -0.3 is 14.7 Å². The lowest BCUT2D eigenvalue weighted by atomic mass is 10.3. The first-order valence-electron chi connectivity index (χ1n) is 5.14. The lowest BCUT2D eigenvalue weighted by Gasteiger charge is -2.20. The Morgan fingerprint density at radius 3 is 2.82 bits per heavy atom. The topological polar surface area (TPSA) is 95.5 Å². The summed E-state index contributed by atoms with van der Waals surface area (Å²) in [5.41, 5.74) is -0.235. The van der Waals surface area contributed by atoms with Crippen LogP contribution in [-0.2, 0) is 4.74 Å². The van der Waals surface area contributed by atoms with Crippen molar-refractivity contribution in [1.29, 1.82) is 0 Å². The zero-order valence-corrected chi connectivity index (χ0v) is 9.55. The molecule has 2 N–H and O–H groups in total. The van der Waals surface area contributed by atoms with Gasteiger partial charge in [0.1, 0.15) is 5.69 Å². The van der Waals surface area contributed by atoms with Crippen LogP contribution in [0.25, 0.3) is 0 Å². The number of nitrogens with one attached hydrogen (secondary N) is 1. The second-order valence-corrected chi connectivity index (χ2v) is 3.32. The first kappa shape index (κ1) is 13.3. The monoisotopic (exact) mass is 241 g/mol. The number of hydrogen-bond donors (Lipinski definition) is 2. The van der Waals surface area contributed by atoms with Crippen molar-refractivity contribution in [2.45, 2.75) is 0 Å². The molecule has 0 bridgehead atoms. The molecular formula is C10H15N3O4. The fourth-order valence-electron chi connectivity index (χ4n) is 1.26. The van der Waals surface area contributed by atoms with Crippen LogP contribution in [-0.4, -0.2) is 59.5 Å². The van der Waals surface area contributed by atoms with Crippen molar-refractivity contribution in [3.05, 3.63) is 28.2 Å². The number of aliphatic hydroxyl groups is 1. The summed E-state index contributed by atoms with van der Waals surface area (Å²) in [7, 11) is 1.53. The van der Waals surface area contributed by atoms with Crippen molar-refractivity contribution in [2.75, 3.05) is 33.4 Å². The molecule has 0 unspecified atom stereocenters. The number of nitrogens with zero attached hydrogens (tertiary/aromatic N) is 2. The largest absolute Gasteiger partial charge is 0.395 e. The molecule has 1 heterocycles. The molecular weight excluding hydrogens is 226 g/mol. The van der Waals surface area contributed by atoms with Crippen LogP contribution in [0.15, 0.2) is 16.9 Å². The van der Waals surface area contributed by atoms with Gasteiger partial charge in [-0.2, -0.15) is 5.10 Å². The fraction of sp³-hybridized carbons (Fsp3) is 0.500. The summed E-state index contributed by atoms with van der Waals surface area (Å²) in [5.74, 6) is -0.354. The first-order valence-corrected chi connectivity index (χ1v) is 5.14. The van der Waals surface area contributed by atoms with Crippen LogP contribution >= 0.6 is 0 Å². The third-order valence-corrected chi connectivity index (χ3v) is 2.12. The minimum absolute atomic E-state index is 0.133. The van der Waals surface area contributed by atoms with Gasteiger partial charge in [-0.1, -0.05) is 0 Å². The molecule has 0 aliphatic carbocycles. The van der Waals surface area contributed by atoms with Crippen molar-refractivity contribution < 1.29 is 14.6 Å². The van der Waals surface area contributed by atoms with Gasteiger partial charge in [-0.25, -0.2) is 5.10 Å². The average molecular weight is 241 g/mol. The second-order valence-electron chi connectivity index (χ2n) is 3.32. The van der Waals surface area contributed by atoms with E-state index in [1.54, 1.807) is 0 Å². The van der Waals surface area contributed by atoms with E-state index < -0.39 is 0 Å². The number of aromatic amines is 1. The van der Waals surface area contributed by atoms with Crippen molar-refractivity contribution in [3.8, 4) is 0 Å². The van der Waals surface area contributed by atoms with E-state index in [2.05, 4.69) is 10.2 Å². The SMILES string of the molecule is COCCN(CCO)C(=O)c1ccc(=O)[nH]n1. The van der Waals surface area contributed by atoms with E-state index in [0.29, 0.717) is 13.2 Å². The summed E-state index contributed by atoms with van der Waals surface area (Å²) < 4.78 is 4.87. The average Bonchev–Trinajstić information content (AvgIpc) is 2.34. The van der Waals surface area contributed by atoms with Crippen LogP contribution in [0, 0.1) is 0 Å². The Kier molecular flexibility index (Phi) is 5.31. The van der Waals surface area contributed by atoms with Crippen LogP contribution in [0.4, 0.5) is 0 Å². The van der Waals surface area contributed by atoms with Crippen LogP contribution in [0.1, 0.15) is 10.5 Å². The van der Waals surface area contributed by atoms with E-state index in [4.69, 9.17) is 9.84 Å². The fourth-order valence-corrected chi connectivity index (χ4v) is 1.26. The highest BCUT2D eigenvalue weighted by atomic mass is 16.5. The van der Waals surface area contributed by atoms with Gasteiger partial charge in [-0.3, -0.25) is 9.59 Å². The number of ether oxygens (including phenoxy) is 1. The molecule has 0 fully saturated rings. The highest BCUT2D eigenvalue weighted by Crippen LogP contribution is 1.99. The molecule has 0 saturated carbocycles. The summed E-state index contributed by atoms with van der Waals surface area (Å²) in [6.07, 6.45) is 0. The Balaban J connectivity index is 2.75. The van der Waals surface area contributed by atoms with Gasteiger partial charge in [0.05, 0.1) is 13.2 Å². The molecule has 7 nitrogen and oxygen atoms in total. The van der Waals surface area contributed by atoms with Crippen LogP contribution in [0.2, 0.25) is 0 Å². The first-order chi connectivity index (χ1) is 8.19. The summed E-state index contributed by atoms with van der Waals surface area (Å²) >= 11 is 0. The van der Waals surface area contributed by atoms with Gasteiger partial charge >= 0.3 is 0 Å². The maximum Gasteiger partial charge on any atom is 0.274 e. The zero-order chi connectivity index (χ0) is 12.7. The molecule has 0 aliphatic rings. The maximum absolute atomic E-state index is 11.9. The third-order valence-electron chi connectivity index (χ3n) is 2.12. The number of hydrogen-bond acceptors (Lipinski definition) is 5. The highest BCUT2D eigenvalue weighted by molar-refractivity contribution is 5.92. The lowest BCUT2D eigenvalue weighted by molar-refractivity contribution is 0.0649. The molecule has 94 valence electrons. The highest BCUT2D eigenvalue weighted by Gasteiger charge is 2.16. The summed E-state index contributed by atoms with van der Waals surface area (Å²) in [6, 6.07) is 2.58. The Morgan fingerprint density at radius 2 is 2.29 bits per heavy atom. The van der Waals surface area contributed by atoms with Crippen LogP contribution in [0.3, 0.4) is 0 Å². The smallest absolute Gasteiger partial charge is 0.274 e. The van der Waals surface area contributed by atoms with E-state index >= 15 is 0 Å². The molecule has 17 heavy (non-hydrogen) atoms. The lowest BCUT2D eigenvalue weighted by Crippen LogP contribution is -2.37. The number of aromatic nitrogens is 2. The molecule has 1 amide bonds. The third kappa shape index (κ3) is 3.97. The van der Waals surface area contributed by atoms with Gasteiger partial charge in [0.25, 0.3) is 11.5 Å². The Hall–Kier alpha value is -1.73. The maximum atomic E-state index is 11.9. The van der Waals surface area contributed by atoms with Crippen molar-refractivity contribution in [2.24, 2.45) is 0 Å². The van der Waals surface area contributed by atoms with Gasteiger partial charge in [0.2, 0.25) is 0 Å². The van der Waals surface area contributed by atoms with Gasteiger partial charge in [-0.05, 0) is 6.07 Å². The molecule has 0 saturated heterocycles. The van der Waals surface area contributed by atoms with E-state index in [-0.39, 0.29) is 30.3 Å². The minimum atomic E-state index is -0.368. The molecule has 0 atom stereocenters. The Labute approximate surface area is 98.0 Å². The number of amides is 1. The summed E-state index contributed by atoms with van der Waals surface area (Å²) in [5, 5.41) is 14.7. The quantitative estimate of drug-likeness (QED) is 0.655. The normalized spacial score (nSPS) is 10.2. The predicted octanol–water partition coefficient (Wildman–Crippen LogP) is -1.15. The molecule has 1 rings (SSSR count). The molecule has 0 aromatic carbocycles. The second kappa shape index (κ2) is 6.77. The van der Waals surface area contributed by atoms with E-state index in [1.165, 1.54) is 24.1 Å². The van der Waals surface area contributed by atoms with E-state index in [0.717, 1.165) is 0 Å². The minimum Gasteiger partial charge on any atom is -0.395 e. The van der Waals surface area contributed by atoms with Crippen molar-refractivity contribution in [3.63, 3.8) is 0 Å². The molecule has 0 spiro atoms. The van der Waals surface area contributed by atoms with Gasteiger partial charge in [0, 0.05) is 26.3 Å². The molecule has 0 aliphatic heterocycles. The standard InChI is InChI=1S/C10H15N3O4/c1-17-7-5-13(4-6-14)10(16)8-2-3-9(15)12-11-8/h2-3,14H,4-7H2,1H3,(H,12,15). The Morgan fingerprint density at radius 1 is 1.53 bits per heavy atom. The van der Waals surface area contributed by atoms with Crippen molar-refractivity contribution >= 4 is 5.91 Å². The summed E-state index contributed by atoms with van der Waals surface area (Å²) in [6.45, 7) is 0.785. The number of aliphatic hydroxyl groups excluding tert-OH is 1. The molecule has 1 aromatic heterocycles. The Bertz CT molecular complexity index is 398. The molecule has 0 radical (unpaired) electrons. The van der Waals surface area contributed by atoms with Gasteiger partial charge in [-0.15, -0.1) is 0 Å². The molecule has 7 heteroatoms. The van der Waals surface area contributed by atoms with Gasteiger partial charge in [0.15, 0.2) is 0 Å². The number of rotatable bonds is 6. The number of H-pyrrole nitrogens is 1. The number of carbonyl (C=O) groups is 1. The number of carbonyl (C=O) groups excluding carboxylic acids is 1. The van der Waals surface area contributed by atoms with Crippen LogP contribution < -0.4 is 5.56 Å². The van der Waals surface area contributed by atoms with E-state index in [1.807, 2.05) is 0 Å². The predicted molar refractivity (Wildman–Crippen MR) is 59.7 cm³/mol. The van der Waals surface area contributed by atoms with Crippen molar-refractivity contribution in [1.82, 2.24) is 15.1 Å². The summed E-state index contributed by atoms with van der Waals surface area (Å²) in [4.78, 5) is 24.1. The van der Waals surface area contributed by atoms with Crippen LogP contribution in [0.5, 0.6) is 0 Å². The molecule has 1 aromatic rings. The zero-order valence-electron chi connectivity index (χ0n) is 9.55. The van der Waals surface area contributed by atoms with E-state index in [9.17, 15) is 9.59 Å².